The molecule has 0 spiro atoms. The van der Waals surface area contributed by atoms with Gasteiger partial charge in [0.05, 0.1) is 12.1 Å². The van der Waals surface area contributed by atoms with Gasteiger partial charge in [0.1, 0.15) is 11.9 Å². The summed E-state index contributed by atoms with van der Waals surface area (Å²) in [5.41, 5.74) is 0.521. The van der Waals surface area contributed by atoms with Crippen LogP contribution in [-0.4, -0.2) is 67.5 Å². The van der Waals surface area contributed by atoms with E-state index in [1.807, 2.05) is 22.9 Å². The van der Waals surface area contributed by atoms with Crippen LogP contribution in [0.15, 0.2) is 18.3 Å². The van der Waals surface area contributed by atoms with Crippen molar-refractivity contribution in [3.63, 3.8) is 0 Å². The van der Waals surface area contributed by atoms with Crippen molar-refractivity contribution >= 4 is 11.7 Å². The van der Waals surface area contributed by atoms with Crippen LogP contribution in [0.1, 0.15) is 5.56 Å². The zero-order valence-corrected chi connectivity index (χ0v) is 11.9. The molecule has 2 rings (SSSR count). The molecule has 0 aromatic carbocycles. The molecular formula is C14H19N5O. The van der Waals surface area contributed by atoms with Gasteiger partial charge >= 0.3 is 0 Å². The minimum atomic E-state index is 0.117. The number of carbonyl (C=O) groups is 1. The van der Waals surface area contributed by atoms with Crippen molar-refractivity contribution in [3.05, 3.63) is 23.9 Å². The van der Waals surface area contributed by atoms with Gasteiger partial charge in [-0.1, -0.05) is 0 Å². The molecule has 0 unspecified atom stereocenters. The molecule has 0 saturated carbocycles. The Morgan fingerprint density at radius 2 is 2.10 bits per heavy atom. The van der Waals surface area contributed by atoms with Gasteiger partial charge in [0.25, 0.3) is 0 Å². The lowest BCUT2D eigenvalue weighted by atomic mass is 10.3. The standard InChI is InChI=1S/C14H19N5O/c1-17-5-7-19(8-6-17)14(20)11-18(2)13-4-3-12(9-15)10-16-13/h3-4,10H,5-8,11H2,1-2H3. The second-order valence-corrected chi connectivity index (χ2v) is 5.06. The van der Waals surface area contributed by atoms with Crippen LogP contribution in [0.2, 0.25) is 0 Å². The smallest absolute Gasteiger partial charge is 0.242 e. The maximum atomic E-state index is 12.2. The van der Waals surface area contributed by atoms with Gasteiger partial charge in [-0.05, 0) is 19.2 Å². The molecule has 20 heavy (non-hydrogen) atoms. The third-order valence-electron chi connectivity index (χ3n) is 3.50. The highest BCUT2D eigenvalue weighted by atomic mass is 16.2. The Morgan fingerprint density at radius 3 is 2.65 bits per heavy atom. The largest absolute Gasteiger partial charge is 0.350 e. The van der Waals surface area contributed by atoms with E-state index in [1.165, 1.54) is 6.20 Å². The minimum Gasteiger partial charge on any atom is -0.350 e. The van der Waals surface area contributed by atoms with Crippen LogP contribution in [0.5, 0.6) is 0 Å². The average Bonchev–Trinajstić information content (AvgIpc) is 2.48. The number of nitrogens with zero attached hydrogens (tertiary/aromatic N) is 5. The molecule has 0 atom stereocenters. The van der Waals surface area contributed by atoms with Crippen LogP contribution >= 0.6 is 0 Å². The number of likely N-dealkylation sites (N-methyl/N-ethyl adjacent to an activating group) is 2. The molecule has 1 saturated heterocycles. The van der Waals surface area contributed by atoms with E-state index < -0.39 is 0 Å². The van der Waals surface area contributed by atoms with Crippen LogP contribution in [0, 0.1) is 11.3 Å². The van der Waals surface area contributed by atoms with Gasteiger partial charge < -0.3 is 14.7 Å². The monoisotopic (exact) mass is 273 g/mol. The number of hydrogen-bond donors (Lipinski definition) is 0. The molecule has 0 radical (unpaired) electrons. The van der Waals surface area contributed by atoms with Gasteiger partial charge in [-0.25, -0.2) is 4.98 Å². The van der Waals surface area contributed by atoms with Crippen molar-refractivity contribution < 1.29 is 4.79 Å². The van der Waals surface area contributed by atoms with Crippen molar-refractivity contribution in [3.8, 4) is 6.07 Å². The van der Waals surface area contributed by atoms with Gasteiger partial charge in [0.15, 0.2) is 0 Å². The Hall–Kier alpha value is -2.13. The summed E-state index contributed by atoms with van der Waals surface area (Å²) in [4.78, 5) is 22.3. The lowest BCUT2D eigenvalue weighted by Gasteiger charge is -2.33. The number of piperazine rings is 1. The number of pyridine rings is 1. The number of nitriles is 1. The summed E-state index contributed by atoms with van der Waals surface area (Å²) in [5.74, 6) is 0.818. The molecule has 1 aromatic rings. The van der Waals surface area contributed by atoms with Gasteiger partial charge in [0.2, 0.25) is 5.91 Å². The molecule has 6 nitrogen and oxygen atoms in total. The van der Waals surface area contributed by atoms with Crippen molar-refractivity contribution in [2.24, 2.45) is 0 Å². The molecular weight excluding hydrogens is 254 g/mol. The number of carbonyl (C=O) groups excluding carboxylic acids is 1. The van der Waals surface area contributed by atoms with Crippen molar-refractivity contribution in [1.29, 1.82) is 5.26 Å². The van der Waals surface area contributed by atoms with E-state index in [4.69, 9.17) is 5.26 Å². The first-order chi connectivity index (χ1) is 9.60. The van der Waals surface area contributed by atoms with Crippen LogP contribution in [0.4, 0.5) is 5.82 Å². The summed E-state index contributed by atoms with van der Waals surface area (Å²) in [6, 6.07) is 5.50. The lowest BCUT2D eigenvalue weighted by molar-refractivity contribution is -0.131. The normalized spacial score (nSPS) is 15.8. The first-order valence-electron chi connectivity index (χ1n) is 6.64. The number of amides is 1. The molecule has 1 aromatic heterocycles. The van der Waals surface area contributed by atoms with Crippen molar-refractivity contribution in [1.82, 2.24) is 14.8 Å². The molecule has 6 heteroatoms. The zero-order chi connectivity index (χ0) is 14.5. The molecule has 0 aliphatic carbocycles. The number of anilines is 1. The number of rotatable bonds is 3. The second-order valence-electron chi connectivity index (χ2n) is 5.06. The third-order valence-corrected chi connectivity index (χ3v) is 3.50. The van der Waals surface area contributed by atoms with Gasteiger partial charge in [-0.15, -0.1) is 0 Å². The maximum Gasteiger partial charge on any atom is 0.242 e. The summed E-state index contributed by atoms with van der Waals surface area (Å²) in [6.07, 6.45) is 1.52. The third kappa shape index (κ3) is 3.45. The minimum absolute atomic E-state index is 0.117. The Morgan fingerprint density at radius 1 is 1.40 bits per heavy atom. The molecule has 1 aliphatic rings. The quantitative estimate of drug-likeness (QED) is 0.785. The van der Waals surface area contributed by atoms with Crippen LogP contribution in [0.3, 0.4) is 0 Å². The molecule has 0 bridgehead atoms. The van der Waals surface area contributed by atoms with Crippen molar-refractivity contribution in [2.45, 2.75) is 0 Å². The van der Waals surface area contributed by atoms with E-state index >= 15 is 0 Å². The van der Waals surface area contributed by atoms with Gasteiger partial charge in [-0.2, -0.15) is 5.26 Å². The Kier molecular flexibility index (Phi) is 4.53. The molecule has 1 fully saturated rings. The highest BCUT2D eigenvalue weighted by molar-refractivity contribution is 5.81. The lowest BCUT2D eigenvalue weighted by Crippen LogP contribution is -2.49. The highest BCUT2D eigenvalue weighted by Crippen LogP contribution is 2.10. The van der Waals surface area contributed by atoms with E-state index in [1.54, 1.807) is 12.1 Å². The Bertz CT molecular complexity index is 499. The molecule has 1 aliphatic heterocycles. The average molecular weight is 273 g/mol. The number of hydrogen-bond acceptors (Lipinski definition) is 5. The van der Waals surface area contributed by atoms with Gasteiger partial charge in [-0.3, -0.25) is 4.79 Å². The fourth-order valence-corrected chi connectivity index (χ4v) is 2.12. The van der Waals surface area contributed by atoms with Crippen LogP contribution in [0.25, 0.3) is 0 Å². The van der Waals surface area contributed by atoms with Crippen LogP contribution in [-0.2, 0) is 4.79 Å². The molecule has 0 N–H and O–H groups in total. The zero-order valence-electron chi connectivity index (χ0n) is 11.9. The summed E-state index contributed by atoms with van der Waals surface area (Å²) in [6.45, 7) is 3.71. The summed E-state index contributed by atoms with van der Waals surface area (Å²) >= 11 is 0. The predicted octanol–water partition coefficient (Wildman–Crippen LogP) is 0.163. The Labute approximate surface area is 119 Å². The van der Waals surface area contributed by atoms with Crippen LogP contribution < -0.4 is 4.90 Å². The second kappa shape index (κ2) is 6.35. The summed E-state index contributed by atoms with van der Waals surface area (Å²) < 4.78 is 0. The SMILES string of the molecule is CN1CCN(C(=O)CN(C)c2ccc(C#N)cn2)CC1. The van der Waals surface area contributed by atoms with E-state index in [0.717, 1.165) is 26.2 Å². The van der Waals surface area contributed by atoms with E-state index in [-0.39, 0.29) is 5.91 Å². The number of aromatic nitrogens is 1. The van der Waals surface area contributed by atoms with E-state index in [2.05, 4.69) is 16.9 Å². The first-order valence-corrected chi connectivity index (χ1v) is 6.64. The predicted molar refractivity (Wildman–Crippen MR) is 76.3 cm³/mol. The Balaban J connectivity index is 1.91. The highest BCUT2D eigenvalue weighted by Gasteiger charge is 2.20. The van der Waals surface area contributed by atoms with E-state index in [0.29, 0.717) is 17.9 Å². The first kappa shape index (κ1) is 14.3. The molecule has 106 valence electrons. The maximum absolute atomic E-state index is 12.2. The topological polar surface area (TPSA) is 63.5 Å². The van der Waals surface area contributed by atoms with E-state index in [9.17, 15) is 4.79 Å². The summed E-state index contributed by atoms with van der Waals surface area (Å²) in [7, 11) is 3.90. The summed E-state index contributed by atoms with van der Waals surface area (Å²) in [5, 5.41) is 8.74. The molecule has 1 amide bonds. The fraction of sp³-hybridized carbons (Fsp3) is 0.500. The van der Waals surface area contributed by atoms with Crippen molar-refractivity contribution in [2.75, 3.05) is 51.7 Å². The fourth-order valence-electron chi connectivity index (χ4n) is 2.12. The van der Waals surface area contributed by atoms with Gasteiger partial charge in [0, 0.05) is 39.4 Å². The molecule has 2 heterocycles.